The smallest absolute Gasteiger partial charge is 0.115 e. The number of hydrogen-bond acceptors (Lipinski definition) is 3. The molecule has 0 spiro atoms. The van der Waals surface area contributed by atoms with Crippen molar-refractivity contribution in [2.24, 2.45) is 0 Å². The standard InChI is InChI=1S/C15H17N3/c1-16-15(12-8-17-10-18-9-12)14-7-6-11-4-2-3-5-13(11)14/h2-5,8-10,14-16H,6-7H2,1H3. The van der Waals surface area contributed by atoms with Gasteiger partial charge in [-0.15, -0.1) is 0 Å². The maximum atomic E-state index is 4.13. The minimum atomic E-state index is 0.301. The van der Waals surface area contributed by atoms with E-state index >= 15 is 0 Å². The van der Waals surface area contributed by atoms with Crippen LogP contribution < -0.4 is 5.32 Å². The fraction of sp³-hybridized carbons (Fsp3) is 0.333. The van der Waals surface area contributed by atoms with Crippen LogP contribution in [0.25, 0.3) is 0 Å². The van der Waals surface area contributed by atoms with Gasteiger partial charge in [0.2, 0.25) is 0 Å². The predicted molar refractivity (Wildman–Crippen MR) is 71.3 cm³/mol. The first-order chi connectivity index (χ1) is 8.90. The van der Waals surface area contributed by atoms with Gasteiger partial charge in [-0.05, 0) is 31.0 Å². The molecule has 2 unspecified atom stereocenters. The molecule has 1 N–H and O–H groups in total. The molecule has 0 saturated heterocycles. The van der Waals surface area contributed by atoms with Crippen molar-refractivity contribution in [3.8, 4) is 0 Å². The minimum absolute atomic E-state index is 0.301. The van der Waals surface area contributed by atoms with E-state index in [1.165, 1.54) is 29.5 Å². The second-order valence-corrected chi connectivity index (χ2v) is 4.78. The molecule has 0 radical (unpaired) electrons. The van der Waals surface area contributed by atoms with Crippen molar-refractivity contribution in [3.63, 3.8) is 0 Å². The van der Waals surface area contributed by atoms with E-state index in [2.05, 4.69) is 39.6 Å². The van der Waals surface area contributed by atoms with Crippen molar-refractivity contribution < 1.29 is 0 Å². The highest BCUT2D eigenvalue weighted by molar-refractivity contribution is 5.37. The third kappa shape index (κ3) is 1.91. The Balaban J connectivity index is 1.95. The molecular weight excluding hydrogens is 222 g/mol. The summed E-state index contributed by atoms with van der Waals surface area (Å²) in [6.07, 6.45) is 7.77. The number of likely N-dealkylation sites (N-methyl/N-ethyl adjacent to an activating group) is 1. The van der Waals surface area contributed by atoms with E-state index in [-0.39, 0.29) is 0 Å². The molecule has 1 aromatic heterocycles. The van der Waals surface area contributed by atoms with Gasteiger partial charge >= 0.3 is 0 Å². The van der Waals surface area contributed by atoms with Gasteiger partial charge in [0, 0.05) is 29.9 Å². The van der Waals surface area contributed by atoms with E-state index in [1.807, 2.05) is 19.4 Å². The number of rotatable bonds is 3. The number of nitrogens with one attached hydrogen (secondary N) is 1. The number of fused-ring (bicyclic) bond motifs is 1. The number of aryl methyl sites for hydroxylation is 1. The Kier molecular flexibility index (Phi) is 3.07. The second-order valence-electron chi connectivity index (χ2n) is 4.78. The third-order valence-corrected chi connectivity index (χ3v) is 3.83. The molecule has 3 heteroatoms. The van der Waals surface area contributed by atoms with Crippen LogP contribution in [0.15, 0.2) is 43.0 Å². The van der Waals surface area contributed by atoms with Crippen molar-refractivity contribution in [3.05, 3.63) is 59.7 Å². The normalized spacial score (nSPS) is 19.5. The van der Waals surface area contributed by atoms with Crippen LogP contribution in [-0.2, 0) is 6.42 Å². The highest BCUT2D eigenvalue weighted by atomic mass is 14.9. The lowest BCUT2D eigenvalue weighted by atomic mass is 9.89. The Morgan fingerprint density at radius 3 is 2.78 bits per heavy atom. The van der Waals surface area contributed by atoms with E-state index in [0.717, 1.165) is 0 Å². The van der Waals surface area contributed by atoms with Crippen LogP contribution in [-0.4, -0.2) is 17.0 Å². The van der Waals surface area contributed by atoms with Gasteiger partial charge in [-0.2, -0.15) is 0 Å². The molecule has 92 valence electrons. The molecule has 1 aromatic carbocycles. The SMILES string of the molecule is CNC(c1cncnc1)C1CCc2ccccc21. The van der Waals surface area contributed by atoms with Crippen molar-refractivity contribution in [2.75, 3.05) is 7.05 Å². The highest BCUT2D eigenvalue weighted by Crippen LogP contribution is 2.40. The molecular formula is C15H17N3. The van der Waals surface area contributed by atoms with E-state index in [9.17, 15) is 0 Å². The van der Waals surface area contributed by atoms with Crippen molar-refractivity contribution in [1.29, 1.82) is 0 Å². The van der Waals surface area contributed by atoms with E-state index < -0.39 is 0 Å². The third-order valence-electron chi connectivity index (χ3n) is 3.83. The summed E-state index contributed by atoms with van der Waals surface area (Å²) in [5.74, 6) is 0.525. The molecule has 3 nitrogen and oxygen atoms in total. The maximum Gasteiger partial charge on any atom is 0.115 e. The number of hydrogen-bond donors (Lipinski definition) is 1. The first-order valence-electron chi connectivity index (χ1n) is 6.40. The summed E-state index contributed by atoms with van der Waals surface area (Å²) >= 11 is 0. The fourth-order valence-corrected chi connectivity index (χ4v) is 3.01. The summed E-state index contributed by atoms with van der Waals surface area (Å²) in [7, 11) is 2.01. The van der Waals surface area contributed by atoms with Crippen LogP contribution in [0.1, 0.15) is 35.1 Å². The van der Waals surface area contributed by atoms with Crippen LogP contribution in [0.4, 0.5) is 0 Å². The molecule has 2 aromatic rings. The first kappa shape index (κ1) is 11.4. The molecule has 1 aliphatic rings. The average Bonchev–Trinajstić information content (AvgIpc) is 2.85. The Morgan fingerprint density at radius 1 is 1.22 bits per heavy atom. The first-order valence-corrected chi connectivity index (χ1v) is 6.40. The van der Waals surface area contributed by atoms with Gasteiger partial charge < -0.3 is 5.32 Å². The van der Waals surface area contributed by atoms with Crippen LogP contribution in [0.3, 0.4) is 0 Å². The van der Waals surface area contributed by atoms with Gasteiger partial charge in [-0.1, -0.05) is 24.3 Å². The largest absolute Gasteiger partial charge is 0.312 e. The molecule has 0 amide bonds. The number of aromatic nitrogens is 2. The maximum absolute atomic E-state index is 4.13. The van der Waals surface area contributed by atoms with E-state index in [0.29, 0.717) is 12.0 Å². The van der Waals surface area contributed by atoms with Gasteiger partial charge in [-0.3, -0.25) is 0 Å². The molecule has 2 atom stereocenters. The summed E-state index contributed by atoms with van der Waals surface area (Å²) in [4.78, 5) is 8.26. The molecule has 1 aliphatic carbocycles. The zero-order chi connectivity index (χ0) is 12.4. The topological polar surface area (TPSA) is 37.8 Å². The molecule has 1 heterocycles. The second kappa shape index (κ2) is 4.86. The minimum Gasteiger partial charge on any atom is -0.312 e. The quantitative estimate of drug-likeness (QED) is 0.894. The molecule has 0 fully saturated rings. The Bertz CT molecular complexity index is 524. The molecule has 0 saturated carbocycles. The zero-order valence-electron chi connectivity index (χ0n) is 10.5. The Morgan fingerprint density at radius 2 is 2.00 bits per heavy atom. The van der Waals surface area contributed by atoms with Crippen LogP contribution in [0.2, 0.25) is 0 Å². The Labute approximate surface area is 107 Å². The van der Waals surface area contributed by atoms with Gasteiger partial charge in [0.15, 0.2) is 0 Å². The average molecular weight is 239 g/mol. The van der Waals surface area contributed by atoms with Gasteiger partial charge in [0.05, 0.1) is 0 Å². The fourth-order valence-electron chi connectivity index (χ4n) is 3.01. The number of benzene rings is 1. The monoisotopic (exact) mass is 239 g/mol. The van der Waals surface area contributed by atoms with Crippen molar-refractivity contribution in [2.45, 2.75) is 24.8 Å². The summed E-state index contributed by atoms with van der Waals surface area (Å²) in [5, 5.41) is 3.42. The van der Waals surface area contributed by atoms with Crippen LogP contribution >= 0.6 is 0 Å². The summed E-state index contributed by atoms with van der Waals surface area (Å²) < 4.78 is 0. The lowest BCUT2D eigenvalue weighted by Crippen LogP contribution is -2.23. The summed E-state index contributed by atoms with van der Waals surface area (Å²) in [6.45, 7) is 0. The predicted octanol–water partition coefficient (Wildman–Crippen LogP) is 2.47. The van der Waals surface area contributed by atoms with Crippen molar-refractivity contribution in [1.82, 2.24) is 15.3 Å². The van der Waals surface area contributed by atoms with E-state index in [1.54, 1.807) is 6.33 Å². The van der Waals surface area contributed by atoms with Crippen LogP contribution in [0, 0.1) is 0 Å². The van der Waals surface area contributed by atoms with Gasteiger partial charge in [0.1, 0.15) is 6.33 Å². The van der Waals surface area contributed by atoms with E-state index in [4.69, 9.17) is 0 Å². The lowest BCUT2D eigenvalue weighted by Gasteiger charge is -2.23. The molecule has 0 bridgehead atoms. The summed E-state index contributed by atoms with van der Waals surface area (Å²) in [5.41, 5.74) is 4.13. The number of nitrogens with zero attached hydrogens (tertiary/aromatic N) is 2. The molecule has 0 aliphatic heterocycles. The molecule has 18 heavy (non-hydrogen) atoms. The van der Waals surface area contributed by atoms with Gasteiger partial charge in [0.25, 0.3) is 0 Å². The van der Waals surface area contributed by atoms with Crippen molar-refractivity contribution >= 4 is 0 Å². The van der Waals surface area contributed by atoms with Crippen LogP contribution in [0.5, 0.6) is 0 Å². The summed E-state index contributed by atoms with van der Waals surface area (Å²) in [6, 6.07) is 9.05. The molecule has 3 rings (SSSR count). The lowest BCUT2D eigenvalue weighted by molar-refractivity contribution is 0.474. The Hall–Kier alpha value is -1.74. The zero-order valence-corrected chi connectivity index (χ0v) is 10.5. The highest BCUT2D eigenvalue weighted by Gasteiger charge is 2.29. The van der Waals surface area contributed by atoms with Gasteiger partial charge in [-0.25, -0.2) is 9.97 Å².